The maximum absolute atomic E-state index is 5.09. The SMILES string of the molecule is CCCNc1nc(NC(C)CCOC)c2[nH]cnc2n1. The highest BCUT2D eigenvalue weighted by molar-refractivity contribution is 5.83. The van der Waals surface area contributed by atoms with Gasteiger partial charge in [-0.1, -0.05) is 6.92 Å². The van der Waals surface area contributed by atoms with Crippen molar-refractivity contribution in [3.63, 3.8) is 0 Å². The van der Waals surface area contributed by atoms with Crippen molar-refractivity contribution in [3.8, 4) is 0 Å². The van der Waals surface area contributed by atoms with E-state index in [0.29, 0.717) is 18.2 Å². The Morgan fingerprint density at radius 2 is 2.25 bits per heavy atom. The number of nitrogens with zero attached hydrogens (tertiary/aromatic N) is 3. The van der Waals surface area contributed by atoms with E-state index in [1.807, 2.05) is 0 Å². The quantitative estimate of drug-likeness (QED) is 0.684. The third-order valence-corrected chi connectivity index (χ3v) is 2.96. The van der Waals surface area contributed by atoms with Crippen LogP contribution in [0.4, 0.5) is 11.8 Å². The van der Waals surface area contributed by atoms with E-state index in [1.165, 1.54) is 0 Å². The van der Waals surface area contributed by atoms with E-state index in [-0.39, 0.29) is 6.04 Å². The maximum Gasteiger partial charge on any atom is 0.226 e. The summed E-state index contributed by atoms with van der Waals surface area (Å²) in [5.74, 6) is 1.38. The molecule has 0 aromatic carbocycles. The molecule has 0 spiro atoms. The average molecular weight is 278 g/mol. The Morgan fingerprint density at radius 3 is 3.00 bits per heavy atom. The van der Waals surface area contributed by atoms with Gasteiger partial charge in [-0.25, -0.2) is 4.98 Å². The van der Waals surface area contributed by atoms with Crippen molar-refractivity contribution < 1.29 is 4.74 Å². The molecule has 0 aliphatic rings. The second-order valence-electron chi connectivity index (χ2n) is 4.75. The van der Waals surface area contributed by atoms with Crippen LogP contribution in [-0.4, -0.2) is 46.2 Å². The summed E-state index contributed by atoms with van der Waals surface area (Å²) in [6.07, 6.45) is 3.57. The predicted molar refractivity (Wildman–Crippen MR) is 80.0 cm³/mol. The molecule has 2 heterocycles. The van der Waals surface area contributed by atoms with Crippen LogP contribution in [0, 0.1) is 0 Å². The summed E-state index contributed by atoms with van der Waals surface area (Å²) in [5.41, 5.74) is 1.50. The van der Waals surface area contributed by atoms with Crippen LogP contribution < -0.4 is 10.6 Å². The molecular weight excluding hydrogens is 256 g/mol. The highest BCUT2D eigenvalue weighted by atomic mass is 16.5. The number of fused-ring (bicyclic) bond motifs is 1. The molecule has 0 aliphatic heterocycles. The van der Waals surface area contributed by atoms with Crippen LogP contribution in [0.1, 0.15) is 26.7 Å². The first kappa shape index (κ1) is 14.5. The van der Waals surface area contributed by atoms with Gasteiger partial charge in [0.05, 0.1) is 6.33 Å². The van der Waals surface area contributed by atoms with Gasteiger partial charge < -0.3 is 20.4 Å². The number of ether oxygens (including phenoxy) is 1. The Hall–Kier alpha value is -1.89. The Morgan fingerprint density at radius 1 is 1.40 bits per heavy atom. The Kier molecular flexibility index (Phi) is 5.11. The summed E-state index contributed by atoms with van der Waals surface area (Å²) >= 11 is 0. The lowest BCUT2D eigenvalue weighted by atomic mass is 10.2. The van der Waals surface area contributed by atoms with Crippen LogP contribution in [-0.2, 0) is 4.74 Å². The van der Waals surface area contributed by atoms with Crippen molar-refractivity contribution in [2.45, 2.75) is 32.7 Å². The van der Waals surface area contributed by atoms with Gasteiger partial charge in [-0.2, -0.15) is 9.97 Å². The summed E-state index contributed by atoms with van der Waals surface area (Å²) in [7, 11) is 1.71. The van der Waals surface area contributed by atoms with Crippen LogP contribution in [0.15, 0.2) is 6.33 Å². The number of anilines is 2. The van der Waals surface area contributed by atoms with Crippen LogP contribution in [0.25, 0.3) is 11.2 Å². The molecule has 2 aromatic rings. The van der Waals surface area contributed by atoms with Crippen molar-refractivity contribution in [1.29, 1.82) is 0 Å². The van der Waals surface area contributed by atoms with Gasteiger partial charge in [-0.05, 0) is 19.8 Å². The number of rotatable bonds is 8. The molecule has 0 aliphatic carbocycles. The third kappa shape index (κ3) is 3.57. The molecule has 1 atom stereocenters. The summed E-state index contributed by atoms with van der Waals surface area (Å²) in [5, 5.41) is 6.57. The van der Waals surface area contributed by atoms with E-state index in [9.17, 15) is 0 Å². The van der Waals surface area contributed by atoms with E-state index in [2.05, 4.69) is 44.4 Å². The second-order valence-corrected chi connectivity index (χ2v) is 4.75. The first-order valence-electron chi connectivity index (χ1n) is 6.95. The molecule has 0 radical (unpaired) electrons. The molecule has 0 saturated carbocycles. The molecule has 110 valence electrons. The summed E-state index contributed by atoms with van der Waals surface area (Å²) < 4.78 is 5.09. The van der Waals surface area contributed by atoms with E-state index in [1.54, 1.807) is 13.4 Å². The number of nitrogens with one attached hydrogen (secondary N) is 3. The number of hydrogen-bond acceptors (Lipinski definition) is 6. The third-order valence-electron chi connectivity index (χ3n) is 2.96. The van der Waals surface area contributed by atoms with Gasteiger partial charge in [0.2, 0.25) is 5.95 Å². The molecule has 2 rings (SSSR count). The standard InChI is InChI=1S/C13H22N6O/c1-4-6-14-13-18-11-10(15-8-16-11)12(19-13)17-9(2)5-7-20-3/h8-9H,4-7H2,1-3H3,(H3,14,15,16,17,18,19). The van der Waals surface area contributed by atoms with Crippen LogP contribution in [0.3, 0.4) is 0 Å². The summed E-state index contributed by atoms with van der Waals surface area (Å²) in [6, 6.07) is 0.260. The largest absolute Gasteiger partial charge is 0.385 e. The first-order valence-corrected chi connectivity index (χ1v) is 6.95. The minimum Gasteiger partial charge on any atom is -0.385 e. The number of aromatic amines is 1. The molecule has 1 unspecified atom stereocenters. The van der Waals surface area contributed by atoms with Gasteiger partial charge in [-0.15, -0.1) is 0 Å². The lowest BCUT2D eigenvalue weighted by molar-refractivity contribution is 0.191. The molecular formula is C13H22N6O. The molecule has 7 nitrogen and oxygen atoms in total. The second kappa shape index (κ2) is 7.04. The van der Waals surface area contributed by atoms with E-state index in [0.717, 1.165) is 30.7 Å². The smallest absolute Gasteiger partial charge is 0.226 e. The lowest BCUT2D eigenvalue weighted by Gasteiger charge is -2.15. The van der Waals surface area contributed by atoms with Gasteiger partial charge in [-0.3, -0.25) is 0 Å². The molecule has 0 fully saturated rings. The first-order chi connectivity index (χ1) is 9.74. The Bertz CT molecular complexity index is 541. The number of aromatic nitrogens is 4. The zero-order chi connectivity index (χ0) is 14.4. The molecule has 20 heavy (non-hydrogen) atoms. The topological polar surface area (TPSA) is 87.8 Å². The van der Waals surface area contributed by atoms with E-state index >= 15 is 0 Å². The van der Waals surface area contributed by atoms with Gasteiger partial charge >= 0.3 is 0 Å². The van der Waals surface area contributed by atoms with Crippen molar-refractivity contribution in [2.75, 3.05) is 30.9 Å². The summed E-state index contributed by atoms with van der Waals surface area (Å²) in [4.78, 5) is 16.2. The zero-order valence-corrected chi connectivity index (χ0v) is 12.2. The van der Waals surface area contributed by atoms with Gasteiger partial charge in [0, 0.05) is 26.3 Å². The number of methoxy groups -OCH3 is 1. The fourth-order valence-electron chi connectivity index (χ4n) is 1.85. The van der Waals surface area contributed by atoms with Crippen LogP contribution >= 0.6 is 0 Å². The molecule has 0 saturated heterocycles. The predicted octanol–water partition coefficient (Wildman–Crippen LogP) is 2.01. The van der Waals surface area contributed by atoms with Crippen molar-refractivity contribution in [2.24, 2.45) is 0 Å². The average Bonchev–Trinajstić information content (AvgIpc) is 2.91. The minimum atomic E-state index is 0.260. The van der Waals surface area contributed by atoms with Gasteiger partial charge in [0.1, 0.15) is 5.52 Å². The Balaban J connectivity index is 2.18. The maximum atomic E-state index is 5.09. The highest BCUT2D eigenvalue weighted by Gasteiger charge is 2.11. The highest BCUT2D eigenvalue weighted by Crippen LogP contribution is 2.19. The molecule has 7 heteroatoms. The van der Waals surface area contributed by atoms with Gasteiger partial charge in [0.25, 0.3) is 0 Å². The monoisotopic (exact) mass is 278 g/mol. The fourth-order valence-corrected chi connectivity index (χ4v) is 1.85. The van der Waals surface area contributed by atoms with Gasteiger partial charge in [0.15, 0.2) is 11.5 Å². The van der Waals surface area contributed by atoms with Crippen molar-refractivity contribution in [3.05, 3.63) is 6.33 Å². The van der Waals surface area contributed by atoms with Crippen molar-refractivity contribution in [1.82, 2.24) is 19.9 Å². The van der Waals surface area contributed by atoms with Crippen molar-refractivity contribution >= 4 is 22.9 Å². The lowest BCUT2D eigenvalue weighted by Crippen LogP contribution is -2.19. The molecule has 3 N–H and O–H groups in total. The number of hydrogen-bond donors (Lipinski definition) is 3. The number of imidazole rings is 1. The minimum absolute atomic E-state index is 0.260. The normalized spacial score (nSPS) is 12.6. The molecule has 0 amide bonds. The number of H-pyrrole nitrogens is 1. The van der Waals surface area contributed by atoms with Crippen LogP contribution in [0.2, 0.25) is 0 Å². The van der Waals surface area contributed by atoms with E-state index in [4.69, 9.17) is 4.74 Å². The van der Waals surface area contributed by atoms with E-state index < -0.39 is 0 Å². The summed E-state index contributed by atoms with van der Waals surface area (Å²) in [6.45, 7) is 5.76. The Labute approximate surface area is 118 Å². The fraction of sp³-hybridized carbons (Fsp3) is 0.615. The van der Waals surface area contributed by atoms with Crippen LogP contribution in [0.5, 0.6) is 0 Å². The molecule has 2 aromatic heterocycles. The molecule has 0 bridgehead atoms. The zero-order valence-electron chi connectivity index (χ0n) is 12.2.